The summed E-state index contributed by atoms with van der Waals surface area (Å²) in [7, 11) is 0. The molecular weight excluding hydrogens is 216 g/mol. The van der Waals surface area contributed by atoms with Gasteiger partial charge < -0.3 is 15.7 Å². The molecule has 1 fully saturated rings. The van der Waals surface area contributed by atoms with Crippen LogP contribution in [0.3, 0.4) is 0 Å². The van der Waals surface area contributed by atoms with Crippen LogP contribution in [0.5, 0.6) is 0 Å². The number of hydrogen-bond donors (Lipinski definition) is 2. The number of rotatable bonds is 5. The largest absolute Gasteiger partial charge is 0.480 e. The molecule has 1 aromatic carbocycles. The number of nitrogen functional groups attached to an aromatic ring is 1. The van der Waals surface area contributed by atoms with Gasteiger partial charge in [0.25, 0.3) is 0 Å². The van der Waals surface area contributed by atoms with Gasteiger partial charge in [-0.1, -0.05) is 18.6 Å². The predicted molar refractivity (Wildman–Crippen MR) is 68.0 cm³/mol. The minimum absolute atomic E-state index is 0.0186. The predicted octanol–water partition coefficient (Wildman–Crippen LogP) is 1.96. The lowest BCUT2D eigenvalue weighted by Gasteiger charge is -2.33. The summed E-state index contributed by atoms with van der Waals surface area (Å²) in [6.07, 6.45) is 3.65. The molecule has 2 rings (SSSR count). The van der Waals surface area contributed by atoms with E-state index in [1.54, 1.807) is 0 Å². The highest BCUT2D eigenvalue weighted by Crippen LogP contribution is 2.30. The average Bonchev–Trinajstić information content (AvgIpc) is 2.22. The fourth-order valence-electron chi connectivity index (χ4n) is 2.17. The third-order valence-corrected chi connectivity index (χ3v) is 3.31. The van der Waals surface area contributed by atoms with Crippen molar-refractivity contribution in [2.24, 2.45) is 5.92 Å². The Kier molecular flexibility index (Phi) is 3.52. The van der Waals surface area contributed by atoms with Crippen molar-refractivity contribution in [1.82, 2.24) is 0 Å². The fourth-order valence-corrected chi connectivity index (χ4v) is 2.17. The zero-order chi connectivity index (χ0) is 12.3. The molecule has 0 heterocycles. The molecule has 0 bridgehead atoms. The van der Waals surface area contributed by atoms with Gasteiger partial charge in [-0.3, -0.25) is 4.79 Å². The first-order valence-electron chi connectivity index (χ1n) is 5.98. The molecule has 0 aliphatic heterocycles. The summed E-state index contributed by atoms with van der Waals surface area (Å²) in [5.74, 6) is -0.193. The molecule has 1 saturated carbocycles. The lowest BCUT2D eigenvalue weighted by atomic mass is 9.85. The van der Waals surface area contributed by atoms with Crippen LogP contribution < -0.4 is 10.6 Å². The van der Waals surface area contributed by atoms with Gasteiger partial charge in [0.05, 0.1) is 11.4 Å². The van der Waals surface area contributed by atoms with Gasteiger partial charge in [-0.25, -0.2) is 0 Å². The number of carboxylic acid groups (broad SMARTS) is 1. The Bertz CT molecular complexity index is 402. The van der Waals surface area contributed by atoms with Gasteiger partial charge in [0, 0.05) is 6.54 Å². The van der Waals surface area contributed by atoms with Gasteiger partial charge in [-0.2, -0.15) is 0 Å². The second-order valence-electron chi connectivity index (χ2n) is 4.63. The number of para-hydroxylation sites is 2. The van der Waals surface area contributed by atoms with Crippen molar-refractivity contribution in [2.75, 3.05) is 23.7 Å². The second kappa shape index (κ2) is 5.08. The molecule has 0 atom stereocenters. The molecule has 17 heavy (non-hydrogen) atoms. The van der Waals surface area contributed by atoms with Crippen LogP contribution in [0, 0.1) is 5.92 Å². The van der Waals surface area contributed by atoms with E-state index in [4.69, 9.17) is 10.8 Å². The molecule has 1 aromatic rings. The van der Waals surface area contributed by atoms with Gasteiger partial charge in [0.15, 0.2) is 0 Å². The molecule has 1 aliphatic carbocycles. The molecule has 4 heteroatoms. The van der Waals surface area contributed by atoms with Crippen molar-refractivity contribution in [3.8, 4) is 0 Å². The molecule has 0 unspecified atom stereocenters. The smallest absolute Gasteiger partial charge is 0.323 e. The van der Waals surface area contributed by atoms with Crippen LogP contribution in [0.1, 0.15) is 19.3 Å². The Morgan fingerprint density at radius 1 is 1.41 bits per heavy atom. The molecule has 4 nitrogen and oxygen atoms in total. The maximum atomic E-state index is 10.9. The van der Waals surface area contributed by atoms with E-state index < -0.39 is 5.97 Å². The number of nitrogens with two attached hydrogens (primary N) is 1. The number of nitrogens with zero attached hydrogens (tertiary/aromatic N) is 1. The van der Waals surface area contributed by atoms with Crippen molar-refractivity contribution in [3.63, 3.8) is 0 Å². The maximum Gasteiger partial charge on any atom is 0.323 e. The normalized spacial score (nSPS) is 15.3. The van der Waals surface area contributed by atoms with Crippen molar-refractivity contribution in [3.05, 3.63) is 24.3 Å². The molecular formula is C13H18N2O2. The topological polar surface area (TPSA) is 66.6 Å². The maximum absolute atomic E-state index is 10.9. The Morgan fingerprint density at radius 3 is 2.65 bits per heavy atom. The van der Waals surface area contributed by atoms with E-state index in [-0.39, 0.29) is 6.54 Å². The van der Waals surface area contributed by atoms with Gasteiger partial charge in [-0.05, 0) is 30.9 Å². The van der Waals surface area contributed by atoms with Crippen LogP contribution in [0.4, 0.5) is 11.4 Å². The summed E-state index contributed by atoms with van der Waals surface area (Å²) in [6, 6.07) is 7.45. The third-order valence-electron chi connectivity index (χ3n) is 3.31. The highest BCUT2D eigenvalue weighted by Gasteiger charge is 2.22. The Balaban J connectivity index is 2.13. The summed E-state index contributed by atoms with van der Waals surface area (Å²) >= 11 is 0. The van der Waals surface area contributed by atoms with Gasteiger partial charge >= 0.3 is 5.97 Å². The standard InChI is InChI=1S/C13H18N2O2/c14-11-6-1-2-7-12(11)15(9-13(16)17)8-10-4-3-5-10/h1-2,6-7,10H,3-5,8-9,14H2,(H,16,17). The van der Waals surface area contributed by atoms with E-state index in [9.17, 15) is 4.79 Å². The molecule has 3 N–H and O–H groups in total. The van der Waals surface area contributed by atoms with E-state index in [1.807, 2.05) is 29.2 Å². The average molecular weight is 234 g/mol. The zero-order valence-electron chi connectivity index (χ0n) is 9.80. The summed E-state index contributed by atoms with van der Waals surface area (Å²) < 4.78 is 0. The molecule has 0 spiro atoms. The number of anilines is 2. The van der Waals surface area contributed by atoms with Crippen LogP contribution in [-0.2, 0) is 4.79 Å². The van der Waals surface area contributed by atoms with Crippen LogP contribution in [0.15, 0.2) is 24.3 Å². The van der Waals surface area contributed by atoms with E-state index >= 15 is 0 Å². The number of carbonyl (C=O) groups is 1. The summed E-state index contributed by atoms with van der Waals surface area (Å²) in [5.41, 5.74) is 7.38. The first-order chi connectivity index (χ1) is 8.16. The molecule has 1 aliphatic rings. The highest BCUT2D eigenvalue weighted by molar-refractivity contribution is 5.77. The van der Waals surface area contributed by atoms with Crippen molar-refractivity contribution in [1.29, 1.82) is 0 Å². The number of benzene rings is 1. The third kappa shape index (κ3) is 2.90. The van der Waals surface area contributed by atoms with E-state index in [2.05, 4.69) is 0 Å². The molecule has 0 saturated heterocycles. The second-order valence-corrected chi connectivity index (χ2v) is 4.63. The first-order valence-corrected chi connectivity index (χ1v) is 5.98. The van der Waals surface area contributed by atoms with Crippen molar-refractivity contribution < 1.29 is 9.90 Å². The minimum atomic E-state index is -0.812. The van der Waals surface area contributed by atoms with Crippen LogP contribution in [0.25, 0.3) is 0 Å². The number of carboxylic acids is 1. The minimum Gasteiger partial charge on any atom is -0.480 e. The van der Waals surface area contributed by atoms with Crippen LogP contribution in [0.2, 0.25) is 0 Å². The van der Waals surface area contributed by atoms with E-state index in [0.717, 1.165) is 12.2 Å². The quantitative estimate of drug-likeness (QED) is 0.764. The Labute approximate surface area is 101 Å². The van der Waals surface area contributed by atoms with Crippen molar-refractivity contribution in [2.45, 2.75) is 19.3 Å². The molecule has 0 radical (unpaired) electrons. The Morgan fingerprint density at radius 2 is 2.12 bits per heavy atom. The summed E-state index contributed by atoms with van der Waals surface area (Å²) in [5, 5.41) is 8.96. The monoisotopic (exact) mass is 234 g/mol. The van der Waals surface area contributed by atoms with Gasteiger partial charge in [-0.15, -0.1) is 0 Å². The van der Waals surface area contributed by atoms with Crippen LogP contribution in [-0.4, -0.2) is 24.2 Å². The Hall–Kier alpha value is -1.71. The number of aliphatic carboxylic acids is 1. The molecule has 0 aromatic heterocycles. The van der Waals surface area contributed by atoms with E-state index in [1.165, 1.54) is 19.3 Å². The lowest BCUT2D eigenvalue weighted by Crippen LogP contribution is -2.36. The molecule has 92 valence electrons. The van der Waals surface area contributed by atoms with Gasteiger partial charge in [0.1, 0.15) is 6.54 Å². The summed E-state index contributed by atoms with van der Waals surface area (Å²) in [4.78, 5) is 12.8. The van der Waals surface area contributed by atoms with Crippen molar-refractivity contribution >= 4 is 17.3 Å². The van der Waals surface area contributed by atoms with E-state index in [0.29, 0.717) is 11.6 Å². The number of hydrogen-bond acceptors (Lipinski definition) is 3. The zero-order valence-corrected chi connectivity index (χ0v) is 9.80. The highest BCUT2D eigenvalue weighted by atomic mass is 16.4. The SMILES string of the molecule is Nc1ccccc1N(CC(=O)O)CC1CCC1. The lowest BCUT2D eigenvalue weighted by molar-refractivity contribution is -0.135. The van der Waals surface area contributed by atoms with Gasteiger partial charge in [0.2, 0.25) is 0 Å². The molecule has 0 amide bonds. The first kappa shape index (κ1) is 11.8. The van der Waals surface area contributed by atoms with Crippen LogP contribution >= 0.6 is 0 Å². The summed E-state index contributed by atoms with van der Waals surface area (Å²) in [6.45, 7) is 0.811. The fraction of sp³-hybridized carbons (Fsp3) is 0.462.